The molecule has 4 rings (SSSR count). The van der Waals surface area contributed by atoms with E-state index < -0.39 is 80.3 Å². The molecule has 1 atom stereocenters. The molecule has 0 amide bonds. The Morgan fingerprint density at radius 2 is 0.763 bits per heavy atom. The van der Waals surface area contributed by atoms with Crippen molar-refractivity contribution in [1.29, 1.82) is 0 Å². The molecular formula is C26H14F9O2S+. The molecule has 0 saturated carbocycles. The molecule has 4 aromatic rings. The average molecular weight is 561 g/mol. The minimum absolute atomic E-state index is 0.0551. The summed E-state index contributed by atoms with van der Waals surface area (Å²) in [6, 6.07) is 11.4. The van der Waals surface area contributed by atoms with Gasteiger partial charge in [0.15, 0.2) is 27.2 Å². The van der Waals surface area contributed by atoms with Gasteiger partial charge in [-0.2, -0.15) is 13.2 Å². The highest BCUT2D eigenvalue weighted by atomic mass is 32.2. The van der Waals surface area contributed by atoms with Crippen molar-refractivity contribution in [3.05, 3.63) is 106 Å². The largest absolute Gasteiger partial charge is 0.451 e. The van der Waals surface area contributed by atoms with E-state index in [1.165, 1.54) is 36.4 Å². The summed E-state index contributed by atoms with van der Waals surface area (Å²) in [5.41, 5.74) is -0.738. The lowest BCUT2D eigenvalue weighted by molar-refractivity contribution is 0.332. The number of rotatable bonds is 6. The predicted octanol–water partition coefficient (Wildman–Crippen LogP) is 8.50. The first-order chi connectivity index (χ1) is 17.9. The van der Waals surface area contributed by atoms with Gasteiger partial charge in [0.2, 0.25) is 46.4 Å². The van der Waals surface area contributed by atoms with Crippen molar-refractivity contribution in [3.8, 4) is 23.0 Å². The SMILES string of the molecule is Cc1c(F)c(F)c(F)c(Oc2ccc([S+](C)c3ccc(Oc4c(F)c(F)c(F)c(F)c4F)cc3)cc2)c1F. The van der Waals surface area contributed by atoms with E-state index in [-0.39, 0.29) is 11.5 Å². The van der Waals surface area contributed by atoms with E-state index in [1.54, 1.807) is 18.4 Å². The summed E-state index contributed by atoms with van der Waals surface area (Å²) in [7, 11) is -0.631. The number of ether oxygens (including phenoxy) is 2. The smallest absolute Gasteiger partial charge is 0.207 e. The summed E-state index contributed by atoms with van der Waals surface area (Å²) in [6.45, 7) is 0.936. The van der Waals surface area contributed by atoms with Crippen molar-refractivity contribution in [2.45, 2.75) is 16.7 Å². The third kappa shape index (κ3) is 4.87. The Labute approximate surface area is 212 Å². The molecule has 0 aromatic heterocycles. The first-order valence-electron chi connectivity index (χ1n) is 10.5. The molecule has 198 valence electrons. The highest BCUT2D eigenvalue weighted by Crippen LogP contribution is 2.35. The summed E-state index contributed by atoms with van der Waals surface area (Å²) in [5.74, 6) is -20.3. The highest BCUT2D eigenvalue weighted by Gasteiger charge is 2.28. The van der Waals surface area contributed by atoms with E-state index in [9.17, 15) is 39.5 Å². The van der Waals surface area contributed by atoms with Crippen LogP contribution in [0.2, 0.25) is 0 Å². The van der Waals surface area contributed by atoms with Crippen LogP contribution in [0.1, 0.15) is 5.56 Å². The Morgan fingerprint density at radius 1 is 0.447 bits per heavy atom. The third-order valence-electron chi connectivity index (χ3n) is 5.41. The van der Waals surface area contributed by atoms with E-state index >= 15 is 0 Å². The topological polar surface area (TPSA) is 18.5 Å². The lowest BCUT2D eigenvalue weighted by Crippen LogP contribution is -2.04. The minimum Gasteiger partial charge on any atom is -0.451 e. The summed E-state index contributed by atoms with van der Waals surface area (Å²) in [4.78, 5) is 1.38. The number of benzene rings is 4. The first-order valence-corrected chi connectivity index (χ1v) is 12.1. The van der Waals surface area contributed by atoms with Crippen LogP contribution in [-0.4, -0.2) is 6.26 Å². The van der Waals surface area contributed by atoms with Gasteiger partial charge in [-0.15, -0.1) is 0 Å². The molecule has 4 aromatic carbocycles. The Hall–Kier alpha value is -3.80. The van der Waals surface area contributed by atoms with Crippen LogP contribution in [0, 0.1) is 59.3 Å². The molecular weight excluding hydrogens is 547 g/mol. The third-order valence-corrected chi connectivity index (χ3v) is 7.37. The molecule has 0 spiro atoms. The van der Waals surface area contributed by atoms with E-state index in [0.717, 1.165) is 6.92 Å². The van der Waals surface area contributed by atoms with Crippen LogP contribution >= 0.6 is 0 Å². The summed E-state index contributed by atoms with van der Waals surface area (Å²) < 4.78 is 133. The van der Waals surface area contributed by atoms with Gasteiger partial charge < -0.3 is 9.47 Å². The number of hydrogen-bond acceptors (Lipinski definition) is 2. The van der Waals surface area contributed by atoms with Crippen molar-refractivity contribution < 1.29 is 49.0 Å². The second-order valence-corrected chi connectivity index (χ2v) is 9.73. The van der Waals surface area contributed by atoms with Gasteiger partial charge >= 0.3 is 0 Å². The van der Waals surface area contributed by atoms with Crippen LogP contribution in [0.3, 0.4) is 0 Å². The Bertz CT molecular complexity index is 1350. The molecule has 0 saturated heterocycles. The fourth-order valence-corrected chi connectivity index (χ4v) is 4.64. The van der Waals surface area contributed by atoms with E-state index in [0.29, 0.717) is 9.79 Å². The normalized spacial score (nSPS) is 12.0. The monoisotopic (exact) mass is 561 g/mol. The van der Waals surface area contributed by atoms with Gasteiger partial charge in [0.25, 0.3) is 0 Å². The van der Waals surface area contributed by atoms with E-state index in [4.69, 9.17) is 9.47 Å². The van der Waals surface area contributed by atoms with Crippen molar-refractivity contribution in [3.63, 3.8) is 0 Å². The molecule has 1 unspecified atom stereocenters. The molecule has 0 heterocycles. The molecule has 12 heteroatoms. The van der Waals surface area contributed by atoms with Crippen LogP contribution in [0.25, 0.3) is 0 Å². The van der Waals surface area contributed by atoms with E-state index in [1.807, 2.05) is 0 Å². The lowest BCUT2D eigenvalue weighted by Gasteiger charge is -2.12. The number of hydrogen-bond donors (Lipinski definition) is 0. The van der Waals surface area contributed by atoms with Gasteiger partial charge in [0, 0.05) is 5.56 Å². The summed E-state index contributed by atoms with van der Waals surface area (Å²) >= 11 is 0. The highest BCUT2D eigenvalue weighted by molar-refractivity contribution is 7.96. The Morgan fingerprint density at radius 3 is 1.16 bits per heavy atom. The van der Waals surface area contributed by atoms with Crippen molar-refractivity contribution in [2.75, 3.05) is 6.26 Å². The average Bonchev–Trinajstić information content (AvgIpc) is 2.93. The fraction of sp³-hybridized carbons (Fsp3) is 0.0769. The van der Waals surface area contributed by atoms with Crippen molar-refractivity contribution in [2.24, 2.45) is 0 Å². The maximum atomic E-state index is 14.2. The lowest BCUT2D eigenvalue weighted by atomic mass is 10.2. The second kappa shape index (κ2) is 10.5. The van der Waals surface area contributed by atoms with Gasteiger partial charge in [-0.25, -0.2) is 26.3 Å². The molecule has 0 aliphatic rings. The molecule has 38 heavy (non-hydrogen) atoms. The molecule has 0 N–H and O–H groups in total. The molecule has 0 aliphatic heterocycles. The van der Waals surface area contributed by atoms with Gasteiger partial charge in [-0.1, -0.05) is 0 Å². The van der Waals surface area contributed by atoms with E-state index in [2.05, 4.69) is 0 Å². The number of halogens is 9. The van der Waals surface area contributed by atoms with Crippen molar-refractivity contribution >= 4 is 10.9 Å². The zero-order chi connectivity index (χ0) is 27.9. The minimum atomic E-state index is -2.30. The molecule has 0 aliphatic carbocycles. The van der Waals surface area contributed by atoms with Gasteiger partial charge in [0.1, 0.15) is 17.8 Å². The van der Waals surface area contributed by atoms with Gasteiger partial charge in [-0.05, 0) is 55.5 Å². The maximum Gasteiger partial charge on any atom is 0.207 e. The summed E-state index contributed by atoms with van der Waals surface area (Å²) in [6.07, 6.45) is 1.80. The molecule has 0 radical (unpaired) electrons. The molecule has 2 nitrogen and oxygen atoms in total. The standard InChI is InChI=1S/C26H14F9O2S/c1-11-16(27)18(29)22(33)25(17(11)28)36-12-3-7-14(8-4-12)38(2)15-9-5-13(6-10-15)37-26-23(34)20(31)19(30)21(32)24(26)35/h3-10H,1-2H3/q+1. The Kier molecular flexibility index (Phi) is 7.54. The zero-order valence-electron chi connectivity index (χ0n) is 19.2. The molecule has 0 bridgehead atoms. The van der Waals surface area contributed by atoms with Crippen LogP contribution < -0.4 is 9.47 Å². The quantitative estimate of drug-likeness (QED) is 0.102. The summed E-state index contributed by atoms with van der Waals surface area (Å²) in [5, 5.41) is 0. The Balaban J connectivity index is 1.51. The maximum absolute atomic E-state index is 14.2. The molecule has 0 fully saturated rings. The van der Waals surface area contributed by atoms with Crippen LogP contribution in [0.15, 0.2) is 58.3 Å². The first kappa shape index (κ1) is 27.2. The second-order valence-electron chi connectivity index (χ2n) is 7.77. The zero-order valence-corrected chi connectivity index (χ0v) is 20.1. The van der Waals surface area contributed by atoms with Gasteiger partial charge in [-0.3, -0.25) is 0 Å². The van der Waals surface area contributed by atoms with Crippen LogP contribution in [-0.2, 0) is 10.9 Å². The predicted molar refractivity (Wildman–Crippen MR) is 120 cm³/mol. The van der Waals surface area contributed by atoms with Crippen LogP contribution in [0.5, 0.6) is 23.0 Å². The van der Waals surface area contributed by atoms with Crippen molar-refractivity contribution in [1.82, 2.24) is 0 Å². The fourth-order valence-electron chi connectivity index (χ4n) is 3.28. The van der Waals surface area contributed by atoms with Crippen LogP contribution in [0.4, 0.5) is 39.5 Å². The van der Waals surface area contributed by atoms with Gasteiger partial charge in [0.05, 0.1) is 10.9 Å².